The predicted molar refractivity (Wildman–Crippen MR) is 60.0 cm³/mol. The van der Waals surface area contributed by atoms with Crippen LogP contribution in [0.3, 0.4) is 0 Å². The van der Waals surface area contributed by atoms with E-state index in [1.165, 1.54) is 12.8 Å². The standard InChI is InChI=1S/C10H21NO2S/c1-11-9-5-3-6-10(9)14(12)8-4-7-13-2/h9-11H,3-8H2,1-2H3. The summed E-state index contributed by atoms with van der Waals surface area (Å²) in [4.78, 5) is 0. The van der Waals surface area contributed by atoms with Crippen LogP contribution in [-0.2, 0) is 15.5 Å². The van der Waals surface area contributed by atoms with Gasteiger partial charge in [-0.05, 0) is 26.3 Å². The number of hydrogen-bond acceptors (Lipinski definition) is 3. The summed E-state index contributed by atoms with van der Waals surface area (Å²) >= 11 is 0. The second-order valence-electron chi connectivity index (χ2n) is 3.80. The molecule has 1 aliphatic carbocycles. The van der Waals surface area contributed by atoms with Crippen LogP contribution >= 0.6 is 0 Å². The van der Waals surface area contributed by atoms with E-state index in [0.717, 1.165) is 25.2 Å². The lowest BCUT2D eigenvalue weighted by atomic mass is 10.2. The fraction of sp³-hybridized carbons (Fsp3) is 1.00. The summed E-state index contributed by atoms with van der Waals surface area (Å²) < 4.78 is 16.9. The summed E-state index contributed by atoms with van der Waals surface area (Å²) in [7, 11) is 2.99. The molecule has 14 heavy (non-hydrogen) atoms. The van der Waals surface area contributed by atoms with Crippen molar-refractivity contribution >= 4 is 10.8 Å². The lowest BCUT2D eigenvalue weighted by molar-refractivity contribution is 0.200. The quantitative estimate of drug-likeness (QED) is 0.675. The van der Waals surface area contributed by atoms with Crippen molar-refractivity contribution in [2.75, 3.05) is 26.5 Å². The minimum Gasteiger partial charge on any atom is -0.385 e. The van der Waals surface area contributed by atoms with Crippen LogP contribution < -0.4 is 5.32 Å². The first-order chi connectivity index (χ1) is 6.79. The van der Waals surface area contributed by atoms with E-state index in [1.54, 1.807) is 7.11 Å². The highest BCUT2D eigenvalue weighted by Crippen LogP contribution is 2.23. The molecular formula is C10H21NO2S. The first-order valence-electron chi connectivity index (χ1n) is 5.33. The van der Waals surface area contributed by atoms with Crippen LogP contribution in [0.5, 0.6) is 0 Å². The molecule has 1 N–H and O–H groups in total. The molecule has 0 spiro atoms. The molecule has 0 aromatic heterocycles. The summed E-state index contributed by atoms with van der Waals surface area (Å²) in [6.07, 6.45) is 4.42. The Morgan fingerprint density at radius 2 is 2.29 bits per heavy atom. The van der Waals surface area contributed by atoms with Gasteiger partial charge in [0.15, 0.2) is 0 Å². The molecule has 0 bridgehead atoms. The average Bonchev–Trinajstić information content (AvgIpc) is 2.65. The van der Waals surface area contributed by atoms with Gasteiger partial charge in [0.1, 0.15) is 0 Å². The fourth-order valence-electron chi connectivity index (χ4n) is 2.07. The van der Waals surface area contributed by atoms with E-state index in [-0.39, 0.29) is 0 Å². The first-order valence-corrected chi connectivity index (χ1v) is 6.71. The minimum atomic E-state index is -0.669. The molecule has 1 rings (SSSR count). The molecule has 0 aliphatic heterocycles. The van der Waals surface area contributed by atoms with E-state index < -0.39 is 10.8 Å². The van der Waals surface area contributed by atoms with Crippen molar-refractivity contribution < 1.29 is 8.95 Å². The second kappa shape index (κ2) is 6.53. The predicted octanol–water partition coefficient (Wildman–Crippen LogP) is 0.912. The molecule has 0 aromatic carbocycles. The van der Waals surface area contributed by atoms with Crippen molar-refractivity contribution in [1.82, 2.24) is 5.32 Å². The van der Waals surface area contributed by atoms with E-state index >= 15 is 0 Å². The third-order valence-corrected chi connectivity index (χ3v) is 4.79. The summed E-state index contributed by atoms with van der Waals surface area (Å²) in [6.45, 7) is 0.725. The van der Waals surface area contributed by atoms with Crippen molar-refractivity contribution in [3.63, 3.8) is 0 Å². The molecule has 1 saturated carbocycles. The van der Waals surface area contributed by atoms with Crippen LogP contribution in [0.4, 0.5) is 0 Å². The van der Waals surface area contributed by atoms with Crippen LogP contribution in [-0.4, -0.2) is 42.0 Å². The third kappa shape index (κ3) is 3.33. The van der Waals surface area contributed by atoms with E-state index in [1.807, 2.05) is 7.05 Å². The Kier molecular flexibility index (Phi) is 5.67. The fourth-order valence-corrected chi connectivity index (χ4v) is 3.84. The molecule has 1 fully saturated rings. The Hall–Kier alpha value is 0.0700. The van der Waals surface area contributed by atoms with Gasteiger partial charge in [-0.3, -0.25) is 4.21 Å². The van der Waals surface area contributed by atoms with Gasteiger partial charge >= 0.3 is 0 Å². The second-order valence-corrected chi connectivity index (χ2v) is 5.57. The van der Waals surface area contributed by atoms with Crippen LogP contribution in [0.1, 0.15) is 25.7 Å². The van der Waals surface area contributed by atoms with Gasteiger partial charge in [0.2, 0.25) is 0 Å². The summed E-state index contributed by atoms with van der Waals surface area (Å²) in [6, 6.07) is 0.471. The maximum absolute atomic E-state index is 11.9. The monoisotopic (exact) mass is 219 g/mol. The lowest BCUT2D eigenvalue weighted by Crippen LogP contribution is -2.36. The zero-order chi connectivity index (χ0) is 10.4. The van der Waals surface area contributed by atoms with Crippen molar-refractivity contribution in [1.29, 1.82) is 0 Å². The Labute approximate surface area is 89.1 Å². The highest BCUT2D eigenvalue weighted by Gasteiger charge is 2.30. The molecule has 3 nitrogen and oxygen atoms in total. The van der Waals surface area contributed by atoms with Gasteiger partial charge < -0.3 is 10.1 Å². The van der Waals surface area contributed by atoms with Gasteiger partial charge in [0.05, 0.1) is 5.25 Å². The Balaban J connectivity index is 2.28. The molecule has 0 heterocycles. The zero-order valence-electron chi connectivity index (χ0n) is 9.12. The van der Waals surface area contributed by atoms with Crippen molar-refractivity contribution in [3.8, 4) is 0 Å². The Morgan fingerprint density at radius 1 is 1.50 bits per heavy atom. The van der Waals surface area contributed by atoms with Crippen LogP contribution in [0.15, 0.2) is 0 Å². The van der Waals surface area contributed by atoms with E-state index in [9.17, 15) is 4.21 Å². The molecule has 3 atom stereocenters. The molecule has 0 saturated heterocycles. The highest BCUT2D eigenvalue weighted by atomic mass is 32.2. The van der Waals surface area contributed by atoms with Gasteiger partial charge in [-0.2, -0.15) is 0 Å². The average molecular weight is 219 g/mol. The summed E-state index contributed by atoms with van der Waals surface area (Å²) in [5, 5.41) is 3.63. The summed E-state index contributed by atoms with van der Waals surface area (Å²) in [5.41, 5.74) is 0. The molecule has 0 radical (unpaired) electrons. The van der Waals surface area contributed by atoms with Crippen molar-refractivity contribution in [2.45, 2.75) is 37.0 Å². The van der Waals surface area contributed by atoms with Crippen LogP contribution in [0, 0.1) is 0 Å². The molecular weight excluding hydrogens is 198 g/mol. The first kappa shape index (κ1) is 12.1. The molecule has 1 aliphatic rings. The Bertz CT molecular complexity index is 187. The smallest absolute Gasteiger partial charge is 0.0501 e. The number of methoxy groups -OCH3 is 1. The van der Waals surface area contributed by atoms with Gasteiger partial charge in [-0.25, -0.2) is 0 Å². The molecule has 3 unspecified atom stereocenters. The van der Waals surface area contributed by atoms with E-state index in [4.69, 9.17) is 4.74 Å². The Morgan fingerprint density at radius 3 is 2.93 bits per heavy atom. The molecule has 84 valence electrons. The van der Waals surface area contributed by atoms with E-state index in [0.29, 0.717) is 11.3 Å². The lowest BCUT2D eigenvalue weighted by Gasteiger charge is -2.18. The number of hydrogen-bond donors (Lipinski definition) is 1. The van der Waals surface area contributed by atoms with Gasteiger partial charge in [-0.15, -0.1) is 0 Å². The third-order valence-electron chi connectivity index (χ3n) is 2.86. The SMILES string of the molecule is CNC1CCCC1S(=O)CCCOC. The van der Waals surface area contributed by atoms with E-state index in [2.05, 4.69) is 5.32 Å². The summed E-state index contributed by atoms with van der Waals surface area (Å²) in [5.74, 6) is 0.788. The molecule has 4 heteroatoms. The van der Waals surface area contributed by atoms with Gasteiger partial charge in [0.25, 0.3) is 0 Å². The molecule has 0 aromatic rings. The van der Waals surface area contributed by atoms with Gasteiger partial charge in [0, 0.05) is 36.3 Å². The van der Waals surface area contributed by atoms with Crippen LogP contribution in [0.2, 0.25) is 0 Å². The molecule has 0 amide bonds. The van der Waals surface area contributed by atoms with Crippen molar-refractivity contribution in [3.05, 3.63) is 0 Å². The maximum Gasteiger partial charge on any atom is 0.0501 e. The van der Waals surface area contributed by atoms with Crippen molar-refractivity contribution in [2.24, 2.45) is 0 Å². The van der Waals surface area contributed by atoms with Crippen LogP contribution in [0.25, 0.3) is 0 Å². The topological polar surface area (TPSA) is 38.3 Å². The normalized spacial score (nSPS) is 29.3. The zero-order valence-corrected chi connectivity index (χ0v) is 9.94. The number of rotatable bonds is 6. The largest absolute Gasteiger partial charge is 0.385 e. The number of nitrogens with one attached hydrogen (secondary N) is 1. The highest BCUT2D eigenvalue weighted by molar-refractivity contribution is 7.85. The minimum absolute atomic E-state index is 0.372. The number of ether oxygens (including phenoxy) is 1. The van der Waals surface area contributed by atoms with Gasteiger partial charge in [-0.1, -0.05) is 6.42 Å². The maximum atomic E-state index is 11.9.